The van der Waals surface area contributed by atoms with Gasteiger partial charge in [-0.15, -0.1) is 0 Å². The summed E-state index contributed by atoms with van der Waals surface area (Å²) in [6.07, 6.45) is 3.21. The topological polar surface area (TPSA) is 104 Å². The van der Waals surface area contributed by atoms with Crippen LogP contribution in [0.15, 0.2) is 65.3 Å². The Morgan fingerprint density at radius 2 is 1.74 bits per heavy atom. The van der Waals surface area contributed by atoms with E-state index in [0.717, 1.165) is 22.3 Å². The SMILES string of the molecule is C/C(=C\c1ccccc1O)CC[C@H]1OB(O)C[C@H]2C1=C(CO)C[C@H]1C(=O)c3ccccc3C(=O)[C@H]12. The van der Waals surface area contributed by atoms with Gasteiger partial charge in [0.2, 0.25) is 0 Å². The van der Waals surface area contributed by atoms with Gasteiger partial charge < -0.3 is 19.9 Å². The van der Waals surface area contributed by atoms with Crippen LogP contribution in [0.5, 0.6) is 5.75 Å². The quantitative estimate of drug-likeness (QED) is 0.448. The number of phenolic OH excluding ortho intramolecular Hbond substituents is 1. The minimum atomic E-state index is -1.05. The van der Waals surface area contributed by atoms with Gasteiger partial charge in [-0.05, 0) is 55.6 Å². The van der Waals surface area contributed by atoms with Crippen LogP contribution in [0.1, 0.15) is 52.5 Å². The molecule has 0 bridgehead atoms. The Labute approximate surface area is 205 Å². The first-order valence-electron chi connectivity index (χ1n) is 12.2. The number of aliphatic hydroxyl groups is 1. The summed E-state index contributed by atoms with van der Waals surface area (Å²) in [4.78, 5) is 26.9. The molecule has 2 aliphatic carbocycles. The number of benzene rings is 2. The smallest absolute Gasteiger partial charge is 0.455 e. The van der Waals surface area contributed by atoms with Crippen molar-refractivity contribution in [3.63, 3.8) is 0 Å². The van der Waals surface area contributed by atoms with Crippen molar-refractivity contribution in [1.29, 1.82) is 0 Å². The zero-order valence-corrected chi connectivity index (χ0v) is 19.7. The maximum absolute atomic E-state index is 13.6. The molecule has 2 aromatic rings. The molecule has 6 nitrogen and oxygen atoms in total. The van der Waals surface area contributed by atoms with Crippen molar-refractivity contribution in [3.8, 4) is 5.75 Å². The van der Waals surface area contributed by atoms with Gasteiger partial charge in [-0.2, -0.15) is 0 Å². The molecule has 1 saturated heterocycles. The van der Waals surface area contributed by atoms with Gasteiger partial charge in [-0.3, -0.25) is 9.59 Å². The molecule has 1 fully saturated rings. The molecular weight excluding hydrogens is 443 g/mol. The highest BCUT2D eigenvalue weighted by atomic mass is 16.5. The van der Waals surface area contributed by atoms with E-state index in [1.807, 2.05) is 25.1 Å². The van der Waals surface area contributed by atoms with Crippen LogP contribution in [0.25, 0.3) is 6.08 Å². The molecule has 3 aliphatic rings. The first kappa shape index (κ1) is 23.7. The fourth-order valence-corrected chi connectivity index (χ4v) is 6.12. The summed E-state index contributed by atoms with van der Waals surface area (Å²) in [6, 6.07) is 14.1. The number of phenols is 1. The molecule has 0 saturated carbocycles. The van der Waals surface area contributed by atoms with Gasteiger partial charge in [0.25, 0.3) is 0 Å². The van der Waals surface area contributed by atoms with E-state index in [0.29, 0.717) is 30.4 Å². The maximum atomic E-state index is 13.6. The summed E-state index contributed by atoms with van der Waals surface area (Å²) in [5.74, 6) is -1.34. The molecule has 0 spiro atoms. The number of aliphatic hydroxyl groups excluding tert-OH is 1. The molecule has 1 aliphatic heterocycles. The Morgan fingerprint density at radius 1 is 1.06 bits per heavy atom. The van der Waals surface area contributed by atoms with Gasteiger partial charge in [0.15, 0.2) is 11.6 Å². The van der Waals surface area contributed by atoms with E-state index in [-0.39, 0.29) is 36.2 Å². The number of hydrogen-bond acceptors (Lipinski definition) is 6. The molecule has 4 atom stereocenters. The summed E-state index contributed by atoms with van der Waals surface area (Å²) in [6.45, 7) is 1.77. The third kappa shape index (κ3) is 4.29. The number of allylic oxidation sites excluding steroid dienone is 1. The predicted octanol–water partition coefficient (Wildman–Crippen LogP) is 4.08. The zero-order chi connectivity index (χ0) is 24.7. The molecule has 7 heteroatoms. The van der Waals surface area contributed by atoms with Gasteiger partial charge in [-0.25, -0.2) is 0 Å². The third-order valence-electron chi connectivity index (χ3n) is 7.69. The Balaban J connectivity index is 1.45. The van der Waals surface area contributed by atoms with E-state index in [4.69, 9.17) is 4.65 Å². The van der Waals surface area contributed by atoms with Crippen LogP contribution in [-0.4, -0.2) is 46.6 Å². The molecule has 0 amide bonds. The number of carbonyl (C=O) groups is 2. The molecule has 1 heterocycles. The van der Waals surface area contributed by atoms with Crippen LogP contribution in [-0.2, 0) is 4.65 Å². The van der Waals surface area contributed by atoms with E-state index in [1.54, 1.807) is 36.4 Å². The molecule has 0 aromatic heterocycles. The van der Waals surface area contributed by atoms with Crippen LogP contribution in [0.2, 0.25) is 6.32 Å². The monoisotopic (exact) mass is 472 g/mol. The predicted molar refractivity (Wildman–Crippen MR) is 133 cm³/mol. The summed E-state index contributed by atoms with van der Waals surface area (Å²) in [7, 11) is -1.05. The molecule has 3 N–H and O–H groups in total. The molecule has 0 unspecified atom stereocenters. The fraction of sp³-hybridized carbons (Fsp3) is 0.357. The summed E-state index contributed by atoms with van der Waals surface area (Å²) in [5.41, 5.74) is 4.28. The number of ketones is 2. The van der Waals surface area contributed by atoms with Crippen molar-refractivity contribution in [3.05, 3.63) is 81.9 Å². The lowest BCUT2D eigenvalue weighted by Crippen LogP contribution is -2.51. The summed E-state index contributed by atoms with van der Waals surface area (Å²) in [5, 5.41) is 30.9. The third-order valence-corrected chi connectivity index (χ3v) is 7.69. The van der Waals surface area contributed by atoms with Crippen LogP contribution in [0, 0.1) is 17.8 Å². The van der Waals surface area contributed by atoms with Crippen molar-refractivity contribution in [1.82, 2.24) is 0 Å². The Kier molecular flexibility index (Phi) is 6.49. The number of carbonyl (C=O) groups excluding carboxylic acids is 2. The second-order valence-electron chi connectivity index (χ2n) is 9.84. The second-order valence-corrected chi connectivity index (χ2v) is 9.84. The number of Topliss-reactive ketones (excluding diaryl/α,β-unsaturated/α-hetero) is 2. The Hall–Kier alpha value is -3.00. The average molecular weight is 472 g/mol. The van der Waals surface area contributed by atoms with Crippen molar-refractivity contribution in [2.75, 3.05) is 6.61 Å². The molecular formula is C28H29BO6. The molecule has 2 aromatic carbocycles. The number of hydrogen-bond donors (Lipinski definition) is 3. The number of rotatable bonds is 5. The van der Waals surface area contributed by atoms with Crippen LogP contribution < -0.4 is 0 Å². The summed E-state index contributed by atoms with van der Waals surface area (Å²) >= 11 is 0. The van der Waals surface area contributed by atoms with E-state index in [1.165, 1.54) is 0 Å². The lowest BCUT2D eigenvalue weighted by atomic mass is 9.54. The van der Waals surface area contributed by atoms with Gasteiger partial charge in [-0.1, -0.05) is 54.1 Å². The van der Waals surface area contributed by atoms with Crippen molar-refractivity contribution >= 4 is 24.8 Å². The normalized spacial score (nSPS) is 26.4. The van der Waals surface area contributed by atoms with Gasteiger partial charge in [0.1, 0.15) is 5.75 Å². The Morgan fingerprint density at radius 3 is 2.46 bits per heavy atom. The first-order chi connectivity index (χ1) is 16.9. The van der Waals surface area contributed by atoms with Crippen LogP contribution >= 0.6 is 0 Å². The minimum absolute atomic E-state index is 0.0609. The average Bonchev–Trinajstić information content (AvgIpc) is 2.86. The van der Waals surface area contributed by atoms with E-state index in [9.17, 15) is 24.8 Å². The van der Waals surface area contributed by atoms with Crippen LogP contribution in [0.4, 0.5) is 0 Å². The highest BCUT2D eigenvalue weighted by Gasteiger charge is 2.53. The Bertz CT molecular complexity index is 1230. The number of aromatic hydroxyl groups is 1. The summed E-state index contributed by atoms with van der Waals surface area (Å²) < 4.78 is 5.94. The molecule has 180 valence electrons. The van der Waals surface area contributed by atoms with Crippen molar-refractivity contribution < 1.29 is 29.5 Å². The van der Waals surface area contributed by atoms with E-state index >= 15 is 0 Å². The fourth-order valence-electron chi connectivity index (χ4n) is 6.12. The second kappa shape index (κ2) is 9.57. The highest BCUT2D eigenvalue weighted by molar-refractivity contribution is 6.43. The zero-order valence-electron chi connectivity index (χ0n) is 19.7. The van der Waals surface area contributed by atoms with Crippen molar-refractivity contribution in [2.24, 2.45) is 17.8 Å². The maximum Gasteiger partial charge on any atom is 0.455 e. The van der Waals surface area contributed by atoms with Gasteiger partial charge >= 0.3 is 7.12 Å². The molecule has 35 heavy (non-hydrogen) atoms. The largest absolute Gasteiger partial charge is 0.507 e. The van der Waals surface area contributed by atoms with E-state index < -0.39 is 25.1 Å². The standard InChI is InChI=1S/C28H29BO6/c1-16(12-17-6-2-5-9-23(17)31)10-11-24-25-18(15-30)13-21-26(22(25)14-29(34)35-24)28(33)20-8-4-3-7-19(20)27(21)32/h2-9,12,21-22,24,26,30-31,34H,10-11,13-15H2,1H3/b16-12+/t21-,22+,24-,26-/m1/s1. The number of para-hydroxylation sites is 1. The number of fused-ring (bicyclic) bond motifs is 4. The highest BCUT2D eigenvalue weighted by Crippen LogP contribution is 2.50. The van der Waals surface area contributed by atoms with Crippen LogP contribution in [0.3, 0.4) is 0 Å². The molecule has 0 radical (unpaired) electrons. The lowest BCUT2D eigenvalue weighted by Gasteiger charge is -2.47. The van der Waals surface area contributed by atoms with Gasteiger partial charge in [0.05, 0.1) is 12.7 Å². The lowest BCUT2D eigenvalue weighted by molar-refractivity contribution is 0.0590. The van der Waals surface area contributed by atoms with E-state index in [2.05, 4.69) is 0 Å². The molecule has 5 rings (SSSR count). The van der Waals surface area contributed by atoms with Crippen molar-refractivity contribution in [2.45, 2.75) is 38.6 Å². The van der Waals surface area contributed by atoms with Gasteiger partial charge in [0, 0.05) is 28.5 Å². The first-order valence-corrected chi connectivity index (χ1v) is 12.2. The minimum Gasteiger partial charge on any atom is -0.507 e.